The zero-order valence-electron chi connectivity index (χ0n) is 5.84. The van der Waals surface area contributed by atoms with Crippen LogP contribution in [0.25, 0.3) is 0 Å². The molecule has 0 aromatic heterocycles. The van der Waals surface area contributed by atoms with Gasteiger partial charge < -0.3 is 5.73 Å². The summed E-state index contributed by atoms with van der Waals surface area (Å²) in [5.41, 5.74) is 5.92. The summed E-state index contributed by atoms with van der Waals surface area (Å²) in [6.07, 6.45) is 7.11. The topological polar surface area (TPSA) is 26.0 Å². The highest BCUT2D eigenvalue weighted by Gasteiger charge is 2.32. The van der Waals surface area contributed by atoms with Crippen LogP contribution in [0, 0.1) is 11.8 Å². The molecule has 3 saturated carbocycles. The van der Waals surface area contributed by atoms with E-state index in [1.165, 1.54) is 32.1 Å². The first-order chi connectivity index (χ1) is 4.36. The average molecular weight is 125 g/mol. The van der Waals surface area contributed by atoms with E-state index >= 15 is 0 Å². The highest BCUT2D eigenvalue weighted by molar-refractivity contribution is 4.88. The van der Waals surface area contributed by atoms with Crippen LogP contribution in [-0.4, -0.2) is 6.04 Å². The molecule has 3 rings (SSSR count). The van der Waals surface area contributed by atoms with E-state index in [0.717, 1.165) is 11.8 Å². The molecule has 1 heteroatoms. The van der Waals surface area contributed by atoms with E-state index in [4.69, 9.17) is 5.73 Å². The summed E-state index contributed by atoms with van der Waals surface area (Å²) in [5, 5.41) is 0. The molecule has 0 radical (unpaired) electrons. The molecule has 3 aliphatic rings. The van der Waals surface area contributed by atoms with Gasteiger partial charge in [-0.25, -0.2) is 0 Å². The maximum atomic E-state index is 5.92. The third-order valence-corrected chi connectivity index (χ3v) is 3.10. The predicted molar refractivity (Wildman–Crippen MR) is 38.0 cm³/mol. The van der Waals surface area contributed by atoms with Gasteiger partial charge in [-0.2, -0.15) is 0 Å². The van der Waals surface area contributed by atoms with Gasteiger partial charge in [0.15, 0.2) is 0 Å². The van der Waals surface area contributed by atoms with Crippen LogP contribution in [-0.2, 0) is 0 Å². The van der Waals surface area contributed by atoms with E-state index in [1.54, 1.807) is 0 Å². The van der Waals surface area contributed by atoms with Crippen molar-refractivity contribution in [1.82, 2.24) is 0 Å². The molecular weight excluding hydrogens is 110 g/mol. The molecule has 0 heterocycles. The summed E-state index contributed by atoms with van der Waals surface area (Å²) in [6.45, 7) is 0. The minimum absolute atomic E-state index is 0.567. The van der Waals surface area contributed by atoms with E-state index in [2.05, 4.69) is 0 Å². The molecule has 0 amide bonds. The van der Waals surface area contributed by atoms with Crippen LogP contribution in [0.3, 0.4) is 0 Å². The van der Waals surface area contributed by atoms with Gasteiger partial charge in [0, 0.05) is 6.04 Å². The van der Waals surface area contributed by atoms with E-state index in [0.29, 0.717) is 6.04 Å². The van der Waals surface area contributed by atoms with Crippen LogP contribution in [0.15, 0.2) is 0 Å². The highest BCUT2D eigenvalue weighted by Crippen LogP contribution is 2.40. The van der Waals surface area contributed by atoms with E-state index in [1.807, 2.05) is 0 Å². The van der Waals surface area contributed by atoms with Crippen molar-refractivity contribution in [3.8, 4) is 0 Å². The molecule has 3 aliphatic carbocycles. The Hall–Kier alpha value is -0.0400. The Morgan fingerprint density at radius 2 is 1.67 bits per heavy atom. The number of fused-ring (bicyclic) bond motifs is 3. The second kappa shape index (κ2) is 1.98. The Kier molecular flexibility index (Phi) is 1.26. The number of hydrogen-bond acceptors (Lipinski definition) is 1. The highest BCUT2D eigenvalue weighted by atomic mass is 14.7. The second-order valence-electron chi connectivity index (χ2n) is 3.68. The molecule has 52 valence electrons. The fourth-order valence-electron chi connectivity index (χ4n) is 2.43. The summed E-state index contributed by atoms with van der Waals surface area (Å²) in [4.78, 5) is 0. The van der Waals surface area contributed by atoms with Crippen LogP contribution in [0.1, 0.15) is 32.1 Å². The van der Waals surface area contributed by atoms with Gasteiger partial charge in [0.05, 0.1) is 0 Å². The summed E-state index contributed by atoms with van der Waals surface area (Å²) >= 11 is 0. The summed E-state index contributed by atoms with van der Waals surface area (Å²) < 4.78 is 0. The van der Waals surface area contributed by atoms with Crippen LogP contribution in [0.2, 0.25) is 0 Å². The third-order valence-electron chi connectivity index (χ3n) is 3.10. The Balaban J connectivity index is 2.06. The van der Waals surface area contributed by atoms with Gasteiger partial charge in [0.25, 0.3) is 0 Å². The molecule has 2 N–H and O–H groups in total. The molecule has 0 aromatic carbocycles. The summed E-state index contributed by atoms with van der Waals surface area (Å²) in [5.74, 6) is 1.90. The first kappa shape index (κ1) is 5.72. The standard InChI is InChI=1S/C8H15N/c9-8-5-6-1-3-7(8)4-2-6/h6-8H,1-5,9H2/t6?,7?,8-/m1/s1. The Labute approximate surface area is 56.6 Å². The molecule has 2 bridgehead atoms. The monoisotopic (exact) mass is 125 g/mol. The lowest BCUT2D eigenvalue weighted by Crippen LogP contribution is -2.40. The summed E-state index contributed by atoms with van der Waals surface area (Å²) in [6, 6.07) is 0.567. The minimum Gasteiger partial charge on any atom is -0.327 e. The maximum absolute atomic E-state index is 5.92. The molecule has 9 heavy (non-hydrogen) atoms. The van der Waals surface area contributed by atoms with Crippen LogP contribution in [0.4, 0.5) is 0 Å². The predicted octanol–water partition coefficient (Wildman–Crippen LogP) is 1.52. The molecule has 1 nitrogen and oxygen atoms in total. The number of nitrogens with two attached hydrogens (primary N) is 1. The second-order valence-corrected chi connectivity index (χ2v) is 3.68. The van der Waals surface area contributed by atoms with Gasteiger partial charge in [-0.1, -0.05) is 12.8 Å². The van der Waals surface area contributed by atoms with Crippen molar-refractivity contribution in [1.29, 1.82) is 0 Å². The van der Waals surface area contributed by atoms with Crippen molar-refractivity contribution in [2.24, 2.45) is 17.6 Å². The lowest BCUT2D eigenvalue weighted by molar-refractivity contribution is 0.147. The first-order valence-electron chi connectivity index (χ1n) is 4.12. The first-order valence-corrected chi connectivity index (χ1v) is 4.12. The molecule has 0 unspecified atom stereocenters. The number of hydrogen-bond donors (Lipinski definition) is 1. The van der Waals surface area contributed by atoms with Crippen molar-refractivity contribution in [3.05, 3.63) is 0 Å². The van der Waals surface area contributed by atoms with Gasteiger partial charge in [0.1, 0.15) is 0 Å². The third kappa shape index (κ3) is 0.877. The Morgan fingerprint density at radius 3 is 1.89 bits per heavy atom. The van der Waals surface area contributed by atoms with E-state index in [9.17, 15) is 0 Å². The molecule has 0 spiro atoms. The average Bonchev–Trinajstić information content (AvgIpc) is 1.90. The van der Waals surface area contributed by atoms with Crippen molar-refractivity contribution in [2.45, 2.75) is 38.1 Å². The maximum Gasteiger partial charge on any atom is 0.00698 e. The van der Waals surface area contributed by atoms with Gasteiger partial charge in [-0.3, -0.25) is 0 Å². The quantitative estimate of drug-likeness (QED) is 0.522. The van der Waals surface area contributed by atoms with Crippen LogP contribution >= 0.6 is 0 Å². The normalized spacial score (nSPS) is 49.7. The summed E-state index contributed by atoms with van der Waals surface area (Å²) in [7, 11) is 0. The zero-order valence-corrected chi connectivity index (χ0v) is 5.84. The molecule has 3 fully saturated rings. The van der Waals surface area contributed by atoms with Gasteiger partial charge >= 0.3 is 0 Å². The van der Waals surface area contributed by atoms with Crippen LogP contribution < -0.4 is 5.73 Å². The van der Waals surface area contributed by atoms with E-state index in [-0.39, 0.29) is 0 Å². The molecule has 0 aliphatic heterocycles. The van der Waals surface area contributed by atoms with Crippen molar-refractivity contribution in [3.63, 3.8) is 0 Å². The molecule has 0 saturated heterocycles. The molecule has 1 atom stereocenters. The van der Waals surface area contributed by atoms with Crippen molar-refractivity contribution >= 4 is 0 Å². The van der Waals surface area contributed by atoms with Gasteiger partial charge in [-0.15, -0.1) is 0 Å². The SMILES string of the molecule is N[C@@H]1CC2CCC1CC2. The zero-order chi connectivity index (χ0) is 6.27. The lowest BCUT2D eigenvalue weighted by atomic mass is 9.68. The fourth-order valence-corrected chi connectivity index (χ4v) is 2.43. The largest absolute Gasteiger partial charge is 0.327 e. The Morgan fingerprint density at radius 1 is 1.00 bits per heavy atom. The lowest BCUT2D eigenvalue weighted by Gasteiger charge is -2.40. The molecular formula is C8H15N. The fraction of sp³-hybridized carbons (Fsp3) is 1.00. The number of rotatable bonds is 0. The van der Waals surface area contributed by atoms with Crippen LogP contribution in [0.5, 0.6) is 0 Å². The smallest absolute Gasteiger partial charge is 0.00698 e. The Bertz CT molecular complexity index is 103. The van der Waals surface area contributed by atoms with Crippen molar-refractivity contribution < 1.29 is 0 Å². The molecule has 0 aromatic rings. The van der Waals surface area contributed by atoms with Gasteiger partial charge in [-0.05, 0) is 31.1 Å². The van der Waals surface area contributed by atoms with E-state index < -0.39 is 0 Å². The van der Waals surface area contributed by atoms with Gasteiger partial charge in [0.2, 0.25) is 0 Å². The van der Waals surface area contributed by atoms with Crippen molar-refractivity contribution in [2.75, 3.05) is 0 Å². The minimum atomic E-state index is 0.567.